The summed E-state index contributed by atoms with van der Waals surface area (Å²) in [6.45, 7) is 2.15. The number of rotatable bonds is 5. The summed E-state index contributed by atoms with van der Waals surface area (Å²) in [5, 5.41) is 3.72. The van der Waals surface area contributed by atoms with Crippen LogP contribution in [0.15, 0.2) is 48.5 Å². The van der Waals surface area contributed by atoms with E-state index in [0.29, 0.717) is 6.04 Å². The van der Waals surface area contributed by atoms with Gasteiger partial charge in [-0.05, 0) is 55.0 Å². The first-order chi connectivity index (χ1) is 9.78. The average molecular weight is 267 g/mol. The summed E-state index contributed by atoms with van der Waals surface area (Å²) in [5.41, 5.74) is 3.88. The first-order valence-corrected chi connectivity index (χ1v) is 7.24. The Morgan fingerprint density at radius 2 is 1.75 bits per heavy atom. The van der Waals surface area contributed by atoms with Gasteiger partial charge in [-0.2, -0.15) is 0 Å². The topological polar surface area (TPSA) is 21.3 Å². The van der Waals surface area contributed by atoms with Crippen LogP contribution in [0.1, 0.15) is 30.0 Å². The summed E-state index contributed by atoms with van der Waals surface area (Å²) in [6, 6.07) is 17.3. The number of methoxy groups -OCH3 is 1. The van der Waals surface area contributed by atoms with Gasteiger partial charge in [0.1, 0.15) is 5.75 Å². The number of anilines is 1. The lowest BCUT2D eigenvalue weighted by Gasteiger charge is -2.21. The Labute approximate surface area is 120 Å². The molecule has 0 saturated heterocycles. The SMILES string of the molecule is COc1ccc(C(Nc2ccccc2C)C2CC2)cc1. The molecule has 0 aromatic heterocycles. The smallest absolute Gasteiger partial charge is 0.118 e. The van der Waals surface area contributed by atoms with Gasteiger partial charge < -0.3 is 10.1 Å². The molecule has 2 nitrogen and oxygen atoms in total. The zero-order valence-electron chi connectivity index (χ0n) is 12.1. The van der Waals surface area contributed by atoms with Crippen LogP contribution in [0.4, 0.5) is 5.69 Å². The highest BCUT2D eigenvalue weighted by Gasteiger charge is 2.32. The van der Waals surface area contributed by atoms with Crippen LogP contribution in [0.25, 0.3) is 0 Å². The molecule has 104 valence electrons. The number of para-hydroxylation sites is 1. The van der Waals surface area contributed by atoms with Crippen molar-refractivity contribution in [2.24, 2.45) is 5.92 Å². The van der Waals surface area contributed by atoms with Crippen LogP contribution >= 0.6 is 0 Å². The maximum absolute atomic E-state index is 5.24. The van der Waals surface area contributed by atoms with Crippen molar-refractivity contribution in [2.75, 3.05) is 12.4 Å². The van der Waals surface area contributed by atoms with Gasteiger partial charge in [-0.1, -0.05) is 30.3 Å². The van der Waals surface area contributed by atoms with Crippen molar-refractivity contribution >= 4 is 5.69 Å². The summed E-state index contributed by atoms with van der Waals surface area (Å²) in [7, 11) is 1.71. The molecule has 0 spiro atoms. The quantitative estimate of drug-likeness (QED) is 0.857. The predicted octanol–water partition coefficient (Wildman–Crippen LogP) is 4.57. The molecule has 0 amide bonds. The first-order valence-electron chi connectivity index (χ1n) is 7.24. The van der Waals surface area contributed by atoms with Gasteiger partial charge in [0, 0.05) is 5.69 Å². The summed E-state index contributed by atoms with van der Waals surface area (Å²) in [4.78, 5) is 0. The lowest BCUT2D eigenvalue weighted by atomic mass is 10.0. The van der Waals surface area contributed by atoms with E-state index in [4.69, 9.17) is 4.74 Å². The molecule has 2 aromatic carbocycles. The van der Waals surface area contributed by atoms with Gasteiger partial charge in [0.2, 0.25) is 0 Å². The van der Waals surface area contributed by atoms with Crippen LogP contribution in [0.2, 0.25) is 0 Å². The van der Waals surface area contributed by atoms with E-state index < -0.39 is 0 Å². The van der Waals surface area contributed by atoms with Crippen molar-refractivity contribution in [3.8, 4) is 5.75 Å². The molecule has 20 heavy (non-hydrogen) atoms. The molecule has 3 rings (SSSR count). The fraction of sp³-hybridized carbons (Fsp3) is 0.333. The average Bonchev–Trinajstić information content (AvgIpc) is 3.31. The molecule has 2 heteroatoms. The molecule has 1 fully saturated rings. The highest BCUT2D eigenvalue weighted by molar-refractivity contribution is 5.52. The lowest BCUT2D eigenvalue weighted by Crippen LogP contribution is -2.13. The monoisotopic (exact) mass is 267 g/mol. The van der Waals surface area contributed by atoms with Gasteiger partial charge >= 0.3 is 0 Å². The number of aryl methyl sites for hydroxylation is 1. The Balaban J connectivity index is 1.83. The molecule has 1 aliphatic carbocycles. The van der Waals surface area contributed by atoms with Gasteiger partial charge in [0.15, 0.2) is 0 Å². The Kier molecular flexibility index (Phi) is 3.64. The second-order valence-electron chi connectivity index (χ2n) is 5.55. The number of hydrogen-bond acceptors (Lipinski definition) is 2. The van der Waals surface area contributed by atoms with Gasteiger partial charge in [-0.25, -0.2) is 0 Å². The summed E-state index contributed by atoms with van der Waals surface area (Å²) < 4.78 is 5.24. The third kappa shape index (κ3) is 2.79. The van der Waals surface area contributed by atoms with Crippen molar-refractivity contribution in [3.05, 3.63) is 59.7 Å². The van der Waals surface area contributed by atoms with Gasteiger partial charge in [0.25, 0.3) is 0 Å². The molecule has 0 heterocycles. The summed E-state index contributed by atoms with van der Waals surface area (Å²) in [6.07, 6.45) is 2.63. The zero-order valence-corrected chi connectivity index (χ0v) is 12.1. The number of ether oxygens (including phenoxy) is 1. The van der Waals surface area contributed by atoms with Gasteiger partial charge in [-0.3, -0.25) is 0 Å². The van der Waals surface area contributed by atoms with Crippen LogP contribution in [0.3, 0.4) is 0 Å². The first kappa shape index (κ1) is 13.0. The highest BCUT2D eigenvalue weighted by Crippen LogP contribution is 2.43. The lowest BCUT2D eigenvalue weighted by molar-refractivity contribution is 0.414. The molecular weight excluding hydrogens is 246 g/mol. The molecule has 0 bridgehead atoms. The van der Waals surface area contributed by atoms with Crippen LogP contribution in [0, 0.1) is 12.8 Å². The molecule has 0 radical (unpaired) electrons. The van der Waals surface area contributed by atoms with Gasteiger partial charge in [-0.15, -0.1) is 0 Å². The normalized spacial score (nSPS) is 15.7. The molecule has 1 unspecified atom stereocenters. The Bertz CT molecular complexity index is 572. The standard InChI is InChI=1S/C18H21NO/c1-13-5-3-4-6-17(13)19-18(14-7-8-14)15-9-11-16(20-2)12-10-15/h3-6,9-12,14,18-19H,7-8H2,1-2H3. The van der Waals surface area contributed by atoms with Crippen LogP contribution < -0.4 is 10.1 Å². The van der Waals surface area contributed by atoms with E-state index in [1.54, 1.807) is 7.11 Å². The van der Waals surface area contributed by atoms with E-state index in [0.717, 1.165) is 11.7 Å². The van der Waals surface area contributed by atoms with E-state index in [1.165, 1.54) is 29.7 Å². The predicted molar refractivity (Wildman–Crippen MR) is 83.3 cm³/mol. The minimum Gasteiger partial charge on any atom is -0.497 e. The Hall–Kier alpha value is -1.96. The van der Waals surface area contributed by atoms with E-state index in [1.807, 2.05) is 12.1 Å². The van der Waals surface area contributed by atoms with E-state index in [2.05, 4.69) is 48.6 Å². The third-order valence-corrected chi connectivity index (χ3v) is 4.02. The number of nitrogens with one attached hydrogen (secondary N) is 1. The van der Waals surface area contributed by atoms with E-state index >= 15 is 0 Å². The largest absolute Gasteiger partial charge is 0.497 e. The fourth-order valence-corrected chi connectivity index (χ4v) is 2.62. The maximum atomic E-state index is 5.24. The van der Waals surface area contributed by atoms with Crippen LogP contribution in [-0.4, -0.2) is 7.11 Å². The third-order valence-electron chi connectivity index (χ3n) is 4.02. The van der Waals surface area contributed by atoms with Crippen molar-refractivity contribution in [2.45, 2.75) is 25.8 Å². The fourth-order valence-electron chi connectivity index (χ4n) is 2.62. The minimum absolute atomic E-state index is 0.405. The molecule has 1 atom stereocenters. The maximum Gasteiger partial charge on any atom is 0.118 e. The Morgan fingerprint density at radius 3 is 2.35 bits per heavy atom. The summed E-state index contributed by atoms with van der Waals surface area (Å²) >= 11 is 0. The van der Waals surface area contributed by atoms with Crippen molar-refractivity contribution in [1.29, 1.82) is 0 Å². The molecule has 2 aromatic rings. The molecule has 1 aliphatic rings. The molecule has 0 aliphatic heterocycles. The molecule has 1 N–H and O–H groups in total. The molecular formula is C18H21NO. The van der Waals surface area contributed by atoms with Crippen LogP contribution in [0.5, 0.6) is 5.75 Å². The van der Waals surface area contributed by atoms with Crippen LogP contribution in [-0.2, 0) is 0 Å². The highest BCUT2D eigenvalue weighted by atomic mass is 16.5. The van der Waals surface area contributed by atoms with Crippen molar-refractivity contribution < 1.29 is 4.74 Å². The molecule has 1 saturated carbocycles. The van der Waals surface area contributed by atoms with Crippen molar-refractivity contribution in [1.82, 2.24) is 0 Å². The van der Waals surface area contributed by atoms with E-state index in [-0.39, 0.29) is 0 Å². The summed E-state index contributed by atoms with van der Waals surface area (Å²) in [5.74, 6) is 1.67. The van der Waals surface area contributed by atoms with E-state index in [9.17, 15) is 0 Å². The zero-order chi connectivity index (χ0) is 13.9. The second-order valence-corrected chi connectivity index (χ2v) is 5.55. The van der Waals surface area contributed by atoms with Gasteiger partial charge in [0.05, 0.1) is 13.2 Å². The van der Waals surface area contributed by atoms with Crippen molar-refractivity contribution in [3.63, 3.8) is 0 Å². The Morgan fingerprint density at radius 1 is 1.05 bits per heavy atom. The minimum atomic E-state index is 0.405. The number of benzene rings is 2. The number of hydrogen-bond donors (Lipinski definition) is 1. The second kappa shape index (κ2) is 5.58.